The molecule has 0 amide bonds. The number of anilines is 2. The van der Waals surface area contributed by atoms with Crippen LogP contribution in [0.2, 0.25) is 0 Å². The summed E-state index contributed by atoms with van der Waals surface area (Å²) in [7, 11) is -2.07. The van der Waals surface area contributed by atoms with Crippen molar-refractivity contribution in [2.75, 3.05) is 43.5 Å². The smallest absolute Gasteiger partial charge is 0.262 e. The summed E-state index contributed by atoms with van der Waals surface area (Å²) in [6.07, 6.45) is 0. The van der Waals surface area contributed by atoms with Gasteiger partial charge in [0.05, 0.1) is 11.5 Å². The molecule has 1 aliphatic rings. The molecule has 1 heterocycles. The Morgan fingerprint density at radius 1 is 1.00 bits per heavy atom. The predicted molar refractivity (Wildman–Crippen MR) is 95.0 cm³/mol. The number of hydrogen-bond acceptors (Lipinski definition) is 6. The molecule has 3 rings (SSSR count). The van der Waals surface area contributed by atoms with Crippen molar-refractivity contribution in [2.45, 2.75) is 4.90 Å². The lowest BCUT2D eigenvalue weighted by Gasteiger charge is -2.19. The van der Waals surface area contributed by atoms with Crippen molar-refractivity contribution >= 4 is 21.4 Å². The Bertz CT molecular complexity index is 821. The van der Waals surface area contributed by atoms with Gasteiger partial charge in [0.25, 0.3) is 10.0 Å². The Hall–Kier alpha value is -2.45. The summed E-state index contributed by atoms with van der Waals surface area (Å²) < 4.78 is 43.5. The van der Waals surface area contributed by atoms with Crippen molar-refractivity contribution in [3.63, 3.8) is 0 Å². The summed E-state index contributed by atoms with van der Waals surface area (Å²) in [4.78, 5) is 0.124. The molecular weight excluding hydrogens is 344 g/mol. The molecule has 2 aromatic carbocycles. The molecule has 8 heteroatoms. The highest BCUT2D eigenvalue weighted by Crippen LogP contribution is 2.32. The molecule has 2 aromatic rings. The fourth-order valence-corrected chi connectivity index (χ4v) is 3.43. The molecule has 0 saturated carbocycles. The molecule has 2 N–H and O–H groups in total. The summed E-state index contributed by atoms with van der Waals surface area (Å²) in [5.74, 6) is 0.989. The number of nitrogens with one attached hydrogen (secondary N) is 2. The Morgan fingerprint density at radius 3 is 2.40 bits per heavy atom. The zero-order chi connectivity index (χ0) is 17.7. The molecule has 0 atom stereocenters. The van der Waals surface area contributed by atoms with E-state index in [1.165, 1.54) is 12.1 Å². The second-order valence-corrected chi connectivity index (χ2v) is 7.09. The molecule has 0 bridgehead atoms. The molecule has 0 unspecified atom stereocenters. The van der Waals surface area contributed by atoms with E-state index in [1.807, 2.05) is 0 Å². The van der Waals surface area contributed by atoms with Crippen LogP contribution in [-0.2, 0) is 14.8 Å². The average molecular weight is 364 g/mol. The van der Waals surface area contributed by atoms with Gasteiger partial charge in [0, 0.05) is 31.1 Å². The van der Waals surface area contributed by atoms with E-state index in [1.54, 1.807) is 37.4 Å². The average Bonchev–Trinajstić information content (AvgIpc) is 2.63. The van der Waals surface area contributed by atoms with E-state index < -0.39 is 10.0 Å². The summed E-state index contributed by atoms with van der Waals surface area (Å²) in [6, 6.07) is 11.6. The fourth-order valence-electron chi connectivity index (χ4n) is 2.36. The van der Waals surface area contributed by atoms with Gasteiger partial charge in [-0.2, -0.15) is 0 Å². The minimum absolute atomic E-state index is 0.124. The highest BCUT2D eigenvalue weighted by atomic mass is 32.2. The van der Waals surface area contributed by atoms with Gasteiger partial charge in [0.15, 0.2) is 11.5 Å². The van der Waals surface area contributed by atoms with Crippen LogP contribution in [0.1, 0.15) is 0 Å². The van der Waals surface area contributed by atoms with Crippen LogP contribution in [0.4, 0.5) is 11.4 Å². The first-order valence-electron chi connectivity index (χ1n) is 7.84. The fraction of sp³-hybridized carbons (Fsp3) is 0.294. The molecule has 1 aliphatic heterocycles. The Balaban J connectivity index is 1.71. The van der Waals surface area contributed by atoms with Gasteiger partial charge in [0.1, 0.15) is 13.2 Å². The van der Waals surface area contributed by atoms with Crippen molar-refractivity contribution < 1.29 is 22.6 Å². The lowest BCUT2D eigenvalue weighted by Crippen LogP contribution is -2.17. The van der Waals surface area contributed by atoms with Gasteiger partial charge in [0.2, 0.25) is 0 Å². The Kier molecular flexibility index (Phi) is 5.30. The summed E-state index contributed by atoms with van der Waals surface area (Å²) >= 11 is 0. The minimum atomic E-state index is -3.71. The van der Waals surface area contributed by atoms with Gasteiger partial charge in [-0.3, -0.25) is 4.72 Å². The van der Waals surface area contributed by atoms with Crippen molar-refractivity contribution in [3.05, 3.63) is 42.5 Å². The first kappa shape index (κ1) is 17.4. The van der Waals surface area contributed by atoms with Crippen LogP contribution in [0.5, 0.6) is 11.5 Å². The molecular formula is C17H20N2O5S. The molecule has 134 valence electrons. The third-order valence-corrected chi connectivity index (χ3v) is 4.98. The van der Waals surface area contributed by atoms with Crippen LogP contribution in [-0.4, -0.2) is 41.9 Å². The maximum absolute atomic E-state index is 12.5. The molecule has 0 aliphatic carbocycles. The first-order valence-corrected chi connectivity index (χ1v) is 9.32. The SMILES string of the molecule is COCCNc1ccc(NS(=O)(=O)c2ccc3c(c2)OCCO3)cc1. The number of hydrogen-bond donors (Lipinski definition) is 2. The number of methoxy groups -OCH3 is 1. The molecule has 7 nitrogen and oxygen atoms in total. The topological polar surface area (TPSA) is 85.9 Å². The Labute approximate surface area is 147 Å². The van der Waals surface area contributed by atoms with Gasteiger partial charge in [-0.05, 0) is 36.4 Å². The number of ether oxygens (including phenoxy) is 3. The third-order valence-electron chi connectivity index (χ3n) is 3.60. The van der Waals surface area contributed by atoms with Crippen LogP contribution in [0.15, 0.2) is 47.4 Å². The summed E-state index contributed by atoms with van der Waals surface area (Å²) in [6.45, 7) is 2.14. The van der Waals surface area contributed by atoms with Crippen molar-refractivity contribution in [1.82, 2.24) is 0 Å². The summed E-state index contributed by atoms with van der Waals surface area (Å²) in [5.41, 5.74) is 1.37. The third kappa shape index (κ3) is 4.34. The number of fused-ring (bicyclic) bond motifs is 1. The van der Waals surface area contributed by atoms with Crippen LogP contribution in [0, 0.1) is 0 Å². The van der Waals surface area contributed by atoms with Gasteiger partial charge in [-0.15, -0.1) is 0 Å². The van der Waals surface area contributed by atoms with E-state index >= 15 is 0 Å². The van der Waals surface area contributed by atoms with E-state index in [2.05, 4.69) is 10.0 Å². The van der Waals surface area contributed by atoms with Crippen molar-refractivity contribution in [2.24, 2.45) is 0 Å². The van der Waals surface area contributed by atoms with E-state index in [4.69, 9.17) is 14.2 Å². The van der Waals surface area contributed by atoms with E-state index in [0.29, 0.717) is 43.6 Å². The predicted octanol–water partition coefficient (Wildman–Crippen LogP) is 2.32. The van der Waals surface area contributed by atoms with E-state index in [0.717, 1.165) is 5.69 Å². The molecule has 0 spiro atoms. The lowest BCUT2D eigenvalue weighted by molar-refractivity contribution is 0.171. The van der Waals surface area contributed by atoms with Gasteiger partial charge in [-0.25, -0.2) is 8.42 Å². The molecule has 0 fully saturated rings. The lowest BCUT2D eigenvalue weighted by atomic mass is 10.3. The summed E-state index contributed by atoms with van der Waals surface area (Å²) in [5, 5.41) is 3.17. The largest absolute Gasteiger partial charge is 0.486 e. The number of sulfonamides is 1. The van der Waals surface area contributed by atoms with Gasteiger partial charge < -0.3 is 19.5 Å². The second kappa shape index (κ2) is 7.62. The molecule has 0 saturated heterocycles. The quantitative estimate of drug-likeness (QED) is 0.734. The van der Waals surface area contributed by atoms with Crippen molar-refractivity contribution in [3.8, 4) is 11.5 Å². The molecule has 0 radical (unpaired) electrons. The number of benzene rings is 2. The second-order valence-electron chi connectivity index (χ2n) is 5.41. The number of rotatable bonds is 7. The zero-order valence-electron chi connectivity index (χ0n) is 13.8. The maximum Gasteiger partial charge on any atom is 0.262 e. The highest BCUT2D eigenvalue weighted by Gasteiger charge is 2.19. The zero-order valence-corrected chi connectivity index (χ0v) is 14.6. The van der Waals surface area contributed by atoms with Crippen LogP contribution in [0.25, 0.3) is 0 Å². The Morgan fingerprint density at radius 2 is 1.68 bits per heavy atom. The standard InChI is InChI=1S/C17H20N2O5S/c1-22-9-8-18-13-2-4-14(5-3-13)19-25(20,21)15-6-7-16-17(12-15)24-11-10-23-16/h2-7,12,18-19H,8-11H2,1H3. The van der Waals surface area contributed by atoms with Gasteiger partial charge in [-0.1, -0.05) is 0 Å². The van der Waals surface area contributed by atoms with Crippen LogP contribution >= 0.6 is 0 Å². The van der Waals surface area contributed by atoms with Crippen LogP contribution in [0.3, 0.4) is 0 Å². The van der Waals surface area contributed by atoms with E-state index in [9.17, 15) is 8.42 Å². The maximum atomic E-state index is 12.5. The highest BCUT2D eigenvalue weighted by molar-refractivity contribution is 7.92. The first-order chi connectivity index (χ1) is 12.1. The molecule has 0 aromatic heterocycles. The molecule has 25 heavy (non-hydrogen) atoms. The normalized spacial score (nSPS) is 13.3. The minimum Gasteiger partial charge on any atom is -0.486 e. The van der Waals surface area contributed by atoms with Gasteiger partial charge >= 0.3 is 0 Å². The van der Waals surface area contributed by atoms with Crippen molar-refractivity contribution in [1.29, 1.82) is 0 Å². The van der Waals surface area contributed by atoms with Crippen LogP contribution < -0.4 is 19.5 Å². The van der Waals surface area contributed by atoms with E-state index in [-0.39, 0.29) is 4.90 Å². The monoisotopic (exact) mass is 364 g/mol.